The number of benzene rings is 2. The molecule has 8 heteroatoms. The molecule has 0 atom stereocenters. The summed E-state index contributed by atoms with van der Waals surface area (Å²) >= 11 is 7.49. The van der Waals surface area contributed by atoms with E-state index in [9.17, 15) is 14.4 Å². The highest BCUT2D eigenvalue weighted by Gasteiger charge is 2.15. The van der Waals surface area contributed by atoms with E-state index in [2.05, 4.69) is 16.0 Å². The molecule has 3 rings (SSSR count). The first-order valence-corrected chi connectivity index (χ1v) is 9.98. The summed E-state index contributed by atoms with van der Waals surface area (Å²) in [5.41, 5.74) is 1.91. The lowest BCUT2D eigenvalue weighted by Gasteiger charge is -2.12. The second-order valence-corrected chi connectivity index (χ2v) is 7.44. The van der Waals surface area contributed by atoms with Crippen molar-refractivity contribution in [3.63, 3.8) is 0 Å². The SMILES string of the molecule is CNC(=O)Cc1ccccc1NC(=O)c1ccc(Cl)c(NC(=O)c2cccs2)c1. The van der Waals surface area contributed by atoms with Crippen LogP contribution in [0.5, 0.6) is 0 Å². The van der Waals surface area contributed by atoms with Gasteiger partial charge in [0.15, 0.2) is 0 Å². The minimum absolute atomic E-state index is 0.149. The van der Waals surface area contributed by atoms with E-state index in [1.54, 1.807) is 61.0 Å². The molecule has 3 N–H and O–H groups in total. The van der Waals surface area contributed by atoms with Crippen LogP contribution in [0.2, 0.25) is 5.02 Å². The molecule has 0 saturated heterocycles. The smallest absolute Gasteiger partial charge is 0.265 e. The summed E-state index contributed by atoms with van der Waals surface area (Å²) in [6.07, 6.45) is 0.149. The summed E-state index contributed by atoms with van der Waals surface area (Å²) in [6, 6.07) is 15.2. The largest absolute Gasteiger partial charge is 0.359 e. The molecular weight excluding hydrogens is 410 g/mol. The number of anilines is 2. The average molecular weight is 428 g/mol. The second-order valence-electron chi connectivity index (χ2n) is 6.09. The highest BCUT2D eigenvalue weighted by Crippen LogP contribution is 2.25. The van der Waals surface area contributed by atoms with Crippen LogP contribution in [-0.4, -0.2) is 24.8 Å². The summed E-state index contributed by atoms with van der Waals surface area (Å²) in [5, 5.41) is 10.2. The van der Waals surface area contributed by atoms with Crippen LogP contribution < -0.4 is 16.0 Å². The standard InChI is InChI=1S/C21H18ClN3O3S/c1-23-19(26)12-13-5-2-3-6-16(13)24-20(27)14-8-9-15(22)17(11-14)25-21(28)18-7-4-10-29-18/h2-11H,12H2,1H3,(H,23,26)(H,24,27)(H,25,28). The molecule has 0 spiro atoms. The Balaban J connectivity index is 1.78. The van der Waals surface area contributed by atoms with Crippen LogP contribution in [-0.2, 0) is 11.2 Å². The van der Waals surface area contributed by atoms with E-state index in [-0.39, 0.29) is 24.1 Å². The third-order valence-corrected chi connectivity index (χ3v) is 5.32. The molecule has 148 valence electrons. The van der Waals surface area contributed by atoms with E-state index >= 15 is 0 Å². The number of thiophene rings is 1. The lowest BCUT2D eigenvalue weighted by Crippen LogP contribution is -2.21. The van der Waals surface area contributed by atoms with Crippen molar-refractivity contribution in [3.05, 3.63) is 81.0 Å². The van der Waals surface area contributed by atoms with Crippen LogP contribution >= 0.6 is 22.9 Å². The summed E-state index contributed by atoms with van der Waals surface area (Å²) in [4.78, 5) is 37.2. The van der Waals surface area contributed by atoms with Crippen LogP contribution in [0.4, 0.5) is 11.4 Å². The number of carbonyl (C=O) groups is 3. The first kappa shape index (κ1) is 20.6. The predicted octanol–water partition coefficient (Wildman–Crippen LogP) is 4.19. The highest BCUT2D eigenvalue weighted by molar-refractivity contribution is 7.12. The molecule has 0 unspecified atom stereocenters. The Labute approximate surface area is 176 Å². The van der Waals surface area contributed by atoms with Crippen molar-refractivity contribution in [1.82, 2.24) is 5.32 Å². The fourth-order valence-electron chi connectivity index (χ4n) is 2.61. The fourth-order valence-corrected chi connectivity index (χ4v) is 3.39. The molecule has 0 bridgehead atoms. The molecule has 3 amide bonds. The minimum Gasteiger partial charge on any atom is -0.359 e. The number of para-hydroxylation sites is 1. The van der Waals surface area contributed by atoms with Crippen molar-refractivity contribution < 1.29 is 14.4 Å². The molecule has 6 nitrogen and oxygen atoms in total. The molecule has 3 aromatic rings. The van der Waals surface area contributed by atoms with Gasteiger partial charge in [0.2, 0.25) is 5.91 Å². The normalized spacial score (nSPS) is 10.3. The van der Waals surface area contributed by atoms with E-state index in [4.69, 9.17) is 11.6 Å². The first-order chi connectivity index (χ1) is 14.0. The van der Waals surface area contributed by atoms with Crippen molar-refractivity contribution in [1.29, 1.82) is 0 Å². The third-order valence-electron chi connectivity index (χ3n) is 4.12. The predicted molar refractivity (Wildman–Crippen MR) is 116 cm³/mol. The monoisotopic (exact) mass is 427 g/mol. The van der Waals surface area contributed by atoms with Crippen molar-refractivity contribution in [3.8, 4) is 0 Å². The first-order valence-electron chi connectivity index (χ1n) is 8.72. The second kappa shape index (κ2) is 9.36. The van der Waals surface area contributed by atoms with Crippen LogP contribution in [0.15, 0.2) is 60.0 Å². The highest BCUT2D eigenvalue weighted by atomic mass is 35.5. The van der Waals surface area contributed by atoms with Gasteiger partial charge in [0.1, 0.15) is 0 Å². The number of halogens is 1. The zero-order valence-corrected chi connectivity index (χ0v) is 17.1. The molecule has 29 heavy (non-hydrogen) atoms. The molecule has 2 aromatic carbocycles. The topological polar surface area (TPSA) is 87.3 Å². The van der Waals surface area contributed by atoms with Crippen LogP contribution in [0.3, 0.4) is 0 Å². The van der Waals surface area contributed by atoms with Gasteiger partial charge in [-0.2, -0.15) is 0 Å². The maximum atomic E-state index is 12.7. The molecule has 0 aliphatic heterocycles. The number of hydrogen-bond donors (Lipinski definition) is 3. The maximum absolute atomic E-state index is 12.7. The Morgan fingerprint density at radius 3 is 2.41 bits per heavy atom. The number of nitrogens with one attached hydrogen (secondary N) is 3. The quantitative estimate of drug-likeness (QED) is 0.551. The molecule has 0 radical (unpaired) electrons. The number of hydrogen-bond acceptors (Lipinski definition) is 4. The Kier molecular flexibility index (Phi) is 6.64. The number of likely N-dealkylation sites (N-methyl/N-ethyl adjacent to an activating group) is 1. The van der Waals surface area contributed by atoms with Crippen molar-refractivity contribution in [2.75, 3.05) is 17.7 Å². The van der Waals surface area contributed by atoms with Gasteiger partial charge >= 0.3 is 0 Å². The van der Waals surface area contributed by atoms with Crippen LogP contribution in [0.25, 0.3) is 0 Å². The van der Waals surface area contributed by atoms with Crippen molar-refractivity contribution >= 4 is 52.0 Å². The Morgan fingerprint density at radius 1 is 0.931 bits per heavy atom. The minimum atomic E-state index is -0.377. The number of carbonyl (C=O) groups excluding carboxylic acids is 3. The average Bonchev–Trinajstić information content (AvgIpc) is 3.26. The van der Waals surface area contributed by atoms with E-state index in [1.165, 1.54) is 17.4 Å². The van der Waals surface area contributed by atoms with Crippen molar-refractivity contribution in [2.24, 2.45) is 0 Å². The Bertz CT molecular complexity index is 1050. The van der Waals surface area contributed by atoms with Gasteiger partial charge in [0.25, 0.3) is 11.8 Å². The maximum Gasteiger partial charge on any atom is 0.265 e. The van der Waals surface area contributed by atoms with Gasteiger partial charge in [0, 0.05) is 18.3 Å². The van der Waals surface area contributed by atoms with E-state index in [1.807, 2.05) is 0 Å². The van der Waals surface area contributed by atoms with Crippen molar-refractivity contribution in [2.45, 2.75) is 6.42 Å². The molecule has 1 aromatic heterocycles. The Morgan fingerprint density at radius 2 is 1.69 bits per heavy atom. The Hall–Kier alpha value is -3.16. The zero-order chi connectivity index (χ0) is 20.8. The van der Waals surface area contributed by atoms with Gasteiger partial charge in [0.05, 0.1) is 22.0 Å². The van der Waals surface area contributed by atoms with Gasteiger partial charge in [-0.15, -0.1) is 11.3 Å². The van der Waals surface area contributed by atoms with Crippen LogP contribution in [0, 0.1) is 0 Å². The molecule has 0 aliphatic carbocycles. The van der Waals surface area contributed by atoms with E-state index in [0.29, 0.717) is 32.4 Å². The van der Waals surface area contributed by atoms with Gasteiger partial charge in [-0.1, -0.05) is 35.9 Å². The third kappa shape index (κ3) is 5.22. The summed E-state index contributed by atoms with van der Waals surface area (Å²) < 4.78 is 0. The van der Waals surface area contributed by atoms with Crippen LogP contribution in [0.1, 0.15) is 25.6 Å². The summed E-state index contributed by atoms with van der Waals surface area (Å²) in [5.74, 6) is -0.829. The molecular formula is C21H18ClN3O3S. The summed E-state index contributed by atoms with van der Waals surface area (Å²) in [7, 11) is 1.56. The fraction of sp³-hybridized carbons (Fsp3) is 0.0952. The van der Waals surface area contributed by atoms with E-state index in [0.717, 1.165) is 0 Å². The lowest BCUT2D eigenvalue weighted by molar-refractivity contribution is -0.119. The van der Waals surface area contributed by atoms with Gasteiger partial charge in [-0.25, -0.2) is 0 Å². The zero-order valence-electron chi connectivity index (χ0n) is 15.5. The van der Waals surface area contributed by atoms with E-state index < -0.39 is 0 Å². The molecule has 0 fully saturated rings. The van der Waals surface area contributed by atoms with Gasteiger partial charge < -0.3 is 16.0 Å². The molecule has 1 heterocycles. The number of rotatable bonds is 6. The number of amides is 3. The molecule has 0 aliphatic rings. The lowest BCUT2D eigenvalue weighted by atomic mass is 10.1. The van der Waals surface area contributed by atoms with Gasteiger partial charge in [-0.3, -0.25) is 14.4 Å². The molecule has 0 saturated carbocycles. The van der Waals surface area contributed by atoms with Gasteiger partial charge in [-0.05, 0) is 41.3 Å². The summed E-state index contributed by atoms with van der Waals surface area (Å²) in [6.45, 7) is 0.